The van der Waals surface area contributed by atoms with Crippen molar-refractivity contribution in [3.63, 3.8) is 0 Å². The number of carboxylic acids is 1. The van der Waals surface area contributed by atoms with Crippen LogP contribution in [0.25, 0.3) is 0 Å². The number of aliphatic hydroxyl groups is 4. The molecule has 4 saturated carbocycles. The maximum Gasteiger partial charge on any atom is 0.335 e. The third-order valence-corrected chi connectivity index (χ3v) is 9.54. The Morgan fingerprint density at radius 2 is 1.81 bits per heavy atom. The molecule has 0 aromatic heterocycles. The summed E-state index contributed by atoms with van der Waals surface area (Å²) in [4.78, 5) is 11.7. The van der Waals surface area contributed by atoms with Crippen molar-refractivity contribution in [3.05, 3.63) is 0 Å². The van der Waals surface area contributed by atoms with Crippen LogP contribution in [-0.2, 0) is 4.79 Å². The topological polar surface area (TPSA) is 118 Å². The SMILES string of the molecule is CC1(CO)C(O)CCC2(C)C1CC(O)C1CC3CC12CCC3(O)C(=O)O. The van der Waals surface area contributed by atoms with Gasteiger partial charge >= 0.3 is 5.97 Å². The summed E-state index contributed by atoms with van der Waals surface area (Å²) in [5, 5.41) is 52.1. The van der Waals surface area contributed by atoms with Gasteiger partial charge in [-0.25, -0.2) is 4.79 Å². The van der Waals surface area contributed by atoms with E-state index in [9.17, 15) is 30.3 Å². The van der Waals surface area contributed by atoms with E-state index in [4.69, 9.17) is 0 Å². The van der Waals surface area contributed by atoms with Crippen LogP contribution in [0.1, 0.15) is 58.8 Å². The molecule has 0 aromatic rings. The first kappa shape index (κ1) is 18.7. The lowest BCUT2D eigenvalue weighted by atomic mass is 9.38. The summed E-state index contributed by atoms with van der Waals surface area (Å²) < 4.78 is 0. The Morgan fingerprint density at radius 1 is 1.12 bits per heavy atom. The Labute approximate surface area is 154 Å². The highest BCUT2D eigenvalue weighted by Crippen LogP contribution is 2.75. The Morgan fingerprint density at radius 3 is 2.42 bits per heavy atom. The number of fused-ring (bicyclic) bond motifs is 2. The molecule has 4 aliphatic carbocycles. The molecular weight excluding hydrogens is 336 g/mol. The Bertz CT molecular complexity index is 623. The monoisotopic (exact) mass is 368 g/mol. The van der Waals surface area contributed by atoms with Gasteiger partial charge in [0, 0.05) is 5.41 Å². The van der Waals surface area contributed by atoms with E-state index in [1.165, 1.54) is 0 Å². The van der Waals surface area contributed by atoms with Gasteiger partial charge < -0.3 is 25.5 Å². The Hall–Kier alpha value is -0.690. The minimum absolute atomic E-state index is 0.0136. The maximum absolute atomic E-state index is 11.7. The molecule has 4 fully saturated rings. The Balaban J connectivity index is 1.79. The number of hydrogen-bond acceptors (Lipinski definition) is 5. The predicted molar refractivity (Wildman–Crippen MR) is 93.1 cm³/mol. The molecule has 6 heteroatoms. The molecular formula is C20H32O6. The van der Waals surface area contributed by atoms with Crippen LogP contribution in [0.15, 0.2) is 0 Å². The van der Waals surface area contributed by atoms with Crippen molar-refractivity contribution in [1.29, 1.82) is 0 Å². The molecule has 0 aliphatic heterocycles. The van der Waals surface area contributed by atoms with Crippen LogP contribution in [0.2, 0.25) is 0 Å². The van der Waals surface area contributed by atoms with E-state index in [-0.39, 0.29) is 41.6 Å². The van der Waals surface area contributed by atoms with E-state index in [2.05, 4.69) is 6.92 Å². The molecule has 2 bridgehead atoms. The summed E-state index contributed by atoms with van der Waals surface area (Å²) in [7, 11) is 0. The summed E-state index contributed by atoms with van der Waals surface area (Å²) in [6.45, 7) is 4.03. The zero-order valence-corrected chi connectivity index (χ0v) is 15.7. The lowest BCUT2D eigenvalue weighted by Crippen LogP contribution is -2.65. The first-order valence-corrected chi connectivity index (χ1v) is 9.98. The molecule has 4 rings (SSSR count). The normalized spacial score (nSPS) is 58.8. The fourth-order valence-electron chi connectivity index (χ4n) is 7.87. The fourth-order valence-corrected chi connectivity index (χ4v) is 7.87. The van der Waals surface area contributed by atoms with Crippen LogP contribution in [-0.4, -0.2) is 55.9 Å². The van der Waals surface area contributed by atoms with Crippen molar-refractivity contribution in [2.24, 2.45) is 34.0 Å². The second kappa shape index (κ2) is 5.43. The zero-order chi connectivity index (χ0) is 19.1. The van der Waals surface area contributed by atoms with E-state index in [1.807, 2.05) is 6.92 Å². The number of hydrogen-bond donors (Lipinski definition) is 5. The van der Waals surface area contributed by atoms with Gasteiger partial charge in [-0.2, -0.15) is 0 Å². The van der Waals surface area contributed by atoms with E-state index < -0.39 is 29.2 Å². The molecule has 0 heterocycles. The van der Waals surface area contributed by atoms with Crippen LogP contribution in [0.3, 0.4) is 0 Å². The second-order valence-electron chi connectivity index (χ2n) is 10.1. The fraction of sp³-hybridized carbons (Fsp3) is 0.950. The molecule has 5 N–H and O–H groups in total. The standard InChI is InChI=1S/C20H32O6/c1-17(10-21)14-8-13(22)12-7-11-9-19(12,5-6-20(11,26)16(24)25)18(14,2)4-3-15(17)23/h11-15,21-23,26H,3-10H2,1-2H3,(H,24,25). The molecule has 4 aliphatic rings. The van der Waals surface area contributed by atoms with E-state index in [0.717, 1.165) is 6.42 Å². The molecule has 6 nitrogen and oxygen atoms in total. The lowest BCUT2D eigenvalue weighted by Gasteiger charge is -2.67. The van der Waals surface area contributed by atoms with Gasteiger partial charge in [-0.1, -0.05) is 13.8 Å². The average molecular weight is 368 g/mol. The minimum Gasteiger partial charge on any atom is -0.479 e. The van der Waals surface area contributed by atoms with Crippen molar-refractivity contribution in [3.8, 4) is 0 Å². The van der Waals surface area contributed by atoms with Gasteiger partial charge in [0.25, 0.3) is 0 Å². The highest BCUT2D eigenvalue weighted by molar-refractivity contribution is 5.78. The summed E-state index contributed by atoms with van der Waals surface area (Å²) >= 11 is 0. The number of carboxylic acid groups (broad SMARTS) is 1. The summed E-state index contributed by atoms with van der Waals surface area (Å²) in [5.41, 5.74) is -2.75. The second-order valence-corrected chi connectivity index (χ2v) is 10.1. The van der Waals surface area contributed by atoms with Gasteiger partial charge in [-0.05, 0) is 73.5 Å². The van der Waals surface area contributed by atoms with Crippen molar-refractivity contribution in [2.75, 3.05) is 6.61 Å². The third-order valence-electron chi connectivity index (χ3n) is 9.54. The highest BCUT2D eigenvalue weighted by atomic mass is 16.4. The van der Waals surface area contributed by atoms with Crippen LogP contribution >= 0.6 is 0 Å². The average Bonchev–Trinajstić information content (AvgIpc) is 2.96. The predicted octanol–water partition coefficient (Wildman–Crippen LogP) is 1.15. The van der Waals surface area contributed by atoms with Crippen molar-refractivity contribution >= 4 is 5.97 Å². The number of carbonyl (C=O) groups is 1. The number of rotatable bonds is 2. The summed E-state index contributed by atoms with van der Waals surface area (Å²) in [6, 6.07) is 0. The molecule has 0 amide bonds. The van der Waals surface area contributed by atoms with Crippen molar-refractivity contribution in [1.82, 2.24) is 0 Å². The van der Waals surface area contributed by atoms with E-state index in [0.29, 0.717) is 32.1 Å². The molecule has 9 unspecified atom stereocenters. The first-order valence-electron chi connectivity index (χ1n) is 9.98. The lowest BCUT2D eigenvalue weighted by molar-refractivity contribution is -0.236. The summed E-state index contributed by atoms with van der Waals surface area (Å²) in [5.74, 6) is -1.52. The third kappa shape index (κ3) is 1.94. The van der Waals surface area contributed by atoms with Gasteiger partial charge in [0.15, 0.2) is 5.60 Å². The van der Waals surface area contributed by atoms with Crippen molar-refractivity contribution < 1.29 is 30.3 Å². The van der Waals surface area contributed by atoms with E-state index >= 15 is 0 Å². The zero-order valence-electron chi connectivity index (χ0n) is 15.7. The van der Waals surface area contributed by atoms with Crippen molar-refractivity contribution in [2.45, 2.75) is 76.6 Å². The molecule has 0 radical (unpaired) electrons. The van der Waals surface area contributed by atoms with Crippen LogP contribution in [0, 0.1) is 34.0 Å². The van der Waals surface area contributed by atoms with Crippen LogP contribution in [0.5, 0.6) is 0 Å². The van der Waals surface area contributed by atoms with Gasteiger partial charge in [0.05, 0.1) is 18.8 Å². The largest absolute Gasteiger partial charge is 0.479 e. The maximum atomic E-state index is 11.7. The molecule has 148 valence electrons. The number of aliphatic hydroxyl groups excluding tert-OH is 3. The van der Waals surface area contributed by atoms with Crippen LogP contribution in [0.4, 0.5) is 0 Å². The smallest absolute Gasteiger partial charge is 0.335 e. The molecule has 0 saturated heterocycles. The Kier molecular flexibility index (Phi) is 3.90. The number of aliphatic carboxylic acids is 1. The quantitative estimate of drug-likeness (QED) is 0.499. The molecule has 26 heavy (non-hydrogen) atoms. The van der Waals surface area contributed by atoms with Gasteiger partial charge in [-0.15, -0.1) is 0 Å². The first-order chi connectivity index (χ1) is 12.0. The van der Waals surface area contributed by atoms with Gasteiger partial charge in [0.1, 0.15) is 0 Å². The highest BCUT2D eigenvalue weighted by Gasteiger charge is 2.73. The van der Waals surface area contributed by atoms with Gasteiger partial charge in [-0.3, -0.25) is 0 Å². The molecule has 0 aromatic carbocycles. The minimum atomic E-state index is -1.69. The molecule has 1 spiro atoms. The van der Waals surface area contributed by atoms with Gasteiger partial charge in [0.2, 0.25) is 0 Å². The van der Waals surface area contributed by atoms with E-state index in [1.54, 1.807) is 0 Å². The van der Waals surface area contributed by atoms with Crippen LogP contribution < -0.4 is 0 Å². The summed E-state index contributed by atoms with van der Waals surface area (Å²) in [6.07, 6.45) is 2.74. The molecule has 9 atom stereocenters.